The molecule has 180 valence electrons. The van der Waals surface area contributed by atoms with Crippen molar-refractivity contribution < 1.29 is 17.9 Å². The number of ether oxygens (including phenoxy) is 1. The van der Waals surface area contributed by atoms with Crippen LogP contribution in [0.25, 0.3) is 0 Å². The molecule has 0 bridgehead atoms. The summed E-state index contributed by atoms with van der Waals surface area (Å²) >= 11 is 1.52. The lowest BCUT2D eigenvalue weighted by Crippen LogP contribution is -2.28. The molecule has 0 atom stereocenters. The van der Waals surface area contributed by atoms with Gasteiger partial charge in [0.05, 0.1) is 11.5 Å². The Morgan fingerprint density at radius 1 is 1.18 bits per heavy atom. The molecule has 0 spiro atoms. The highest BCUT2D eigenvalue weighted by atomic mass is 32.2. The molecule has 0 saturated carbocycles. The maximum absolute atomic E-state index is 13.4. The third kappa shape index (κ3) is 4.88. The topological polar surface area (TPSA) is 68.6 Å². The van der Waals surface area contributed by atoms with Gasteiger partial charge < -0.3 is 9.30 Å². The fourth-order valence-corrected chi connectivity index (χ4v) is 8.08. The zero-order valence-electron chi connectivity index (χ0n) is 20.0. The van der Waals surface area contributed by atoms with Gasteiger partial charge in [0, 0.05) is 34.3 Å². The number of nitrogens with zero attached hydrogens (tertiary/aromatic N) is 2. The summed E-state index contributed by atoms with van der Waals surface area (Å²) in [6, 6.07) is 7.31. The van der Waals surface area contributed by atoms with Gasteiger partial charge in [-0.15, -0.1) is 0 Å². The first-order valence-electron chi connectivity index (χ1n) is 11.8. The summed E-state index contributed by atoms with van der Waals surface area (Å²) in [4.78, 5) is 14.6. The SMILES string of the molecule is CCOC(=O)Cn1c(C)c(Sc2ccccc2S(=O)(=O)N2CCCC2)c2c1CC(C)(C)CC2. The molecule has 0 N–H and O–H groups in total. The van der Waals surface area contributed by atoms with E-state index in [0.29, 0.717) is 24.6 Å². The summed E-state index contributed by atoms with van der Waals surface area (Å²) < 4.78 is 35.7. The number of hydrogen-bond donors (Lipinski definition) is 0. The van der Waals surface area contributed by atoms with Gasteiger partial charge in [-0.2, -0.15) is 4.31 Å². The molecule has 6 nitrogen and oxygen atoms in total. The summed E-state index contributed by atoms with van der Waals surface area (Å²) in [7, 11) is -3.53. The van der Waals surface area contributed by atoms with Crippen molar-refractivity contribution in [3.05, 3.63) is 41.2 Å². The van der Waals surface area contributed by atoms with Gasteiger partial charge in [0.1, 0.15) is 6.54 Å². The molecule has 0 radical (unpaired) electrons. The molecule has 0 unspecified atom stereocenters. The van der Waals surface area contributed by atoms with Crippen LogP contribution in [0.5, 0.6) is 0 Å². The van der Waals surface area contributed by atoms with Crippen molar-refractivity contribution in [2.24, 2.45) is 5.41 Å². The Bertz CT molecular complexity index is 1150. The molecule has 1 aromatic heterocycles. The van der Waals surface area contributed by atoms with Crippen molar-refractivity contribution >= 4 is 27.8 Å². The van der Waals surface area contributed by atoms with E-state index in [1.807, 2.05) is 26.0 Å². The molecule has 1 aliphatic carbocycles. The predicted octanol–water partition coefficient (Wildman–Crippen LogP) is 4.81. The molecule has 2 aliphatic rings. The second-order valence-corrected chi connectivity index (χ2v) is 12.7. The van der Waals surface area contributed by atoms with Crippen molar-refractivity contribution in [2.75, 3.05) is 19.7 Å². The van der Waals surface area contributed by atoms with E-state index in [1.165, 1.54) is 23.0 Å². The first-order chi connectivity index (χ1) is 15.6. The van der Waals surface area contributed by atoms with Crippen LogP contribution in [0.3, 0.4) is 0 Å². The summed E-state index contributed by atoms with van der Waals surface area (Å²) in [5, 5.41) is 0. The molecule has 1 fully saturated rings. The Labute approximate surface area is 201 Å². The molecule has 33 heavy (non-hydrogen) atoms. The summed E-state index contributed by atoms with van der Waals surface area (Å²) in [6.45, 7) is 10.1. The van der Waals surface area contributed by atoms with Gasteiger partial charge in [-0.1, -0.05) is 37.7 Å². The maximum atomic E-state index is 13.4. The number of fused-ring (bicyclic) bond motifs is 1. The fourth-order valence-electron chi connectivity index (χ4n) is 4.91. The van der Waals surface area contributed by atoms with Crippen LogP contribution in [0.15, 0.2) is 39.0 Å². The molecule has 0 amide bonds. The van der Waals surface area contributed by atoms with E-state index in [1.54, 1.807) is 16.4 Å². The van der Waals surface area contributed by atoms with Gasteiger partial charge >= 0.3 is 5.97 Å². The number of hydrogen-bond acceptors (Lipinski definition) is 5. The highest BCUT2D eigenvalue weighted by Crippen LogP contribution is 2.45. The van der Waals surface area contributed by atoms with E-state index in [9.17, 15) is 13.2 Å². The lowest BCUT2D eigenvalue weighted by Gasteiger charge is -2.31. The van der Waals surface area contributed by atoms with Crippen LogP contribution in [0.2, 0.25) is 0 Å². The number of rotatable bonds is 7. The van der Waals surface area contributed by atoms with Gasteiger partial charge in [-0.05, 0) is 69.1 Å². The highest BCUT2D eigenvalue weighted by molar-refractivity contribution is 8.00. The van der Waals surface area contributed by atoms with Gasteiger partial charge in [-0.25, -0.2) is 8.42 Å². The van der Waals surface area contributed by atoms with Crippen molar-refractivity contribution in [1.82, 2.24) is 8.87 Å². The molecular weight excluding hydrogens is 456 g/mol. The van der Waals surface area contributed by atoms with Crippen molar-refractivity contribution in [3.8, 4) is 0 Å². The largest absolute Gasteiger partial charge is 0.465 e. The number of benzene rings is 1. The second-order valence-electron chi connectivity index (χ2n) is 9.73. The van der Waals surface area contributed by atoms with Gasteiger partial charge in [0.15, 0.2) is 0 Å². The fraction of sp³-hybridized carbons (Fsp3) is 0.560. The third-order valence-electron chi connectivity index (χ3n) is 6.72. The van der Waals surface area contributed by atoms with E-state index >= 15 is 0 Å². The minimum absolute atomic E-state index is 0.156. The number of esters is 1. The quantitative estimate of drug-likeness (QED) is 0.521. The van der Waals surface area contributed by atoms with Crippen LogP contribution < -0.4 is 0 Å². The standard InChI is InChI=1S/C25H34N2O4S2/c1-5-31-23(28)17-27-18(2)24(19-12-13-25(3,4)16-20(19)27)32-21-10-6-7-11-22(21)33(29,30)26-14-8-9-15-26/h6-7,10-11H,5,8-9,12-17H2,1-4H3. The molecule has 4 rings (SSSR count). The zero-order chi connectivity index (χ0) is 23.8. The predicted molar refractivity (Wildman–Crippen MR) is 130 cm³/mol. The summed E-state index contributed by atoms with van der Waals surface area (Å²) in [6.07, 6.45) is 4.69. The highest BCUT2D eigenvalue weighted by Gasteiger charge is 2.34. The van der Waals surface area contributed by atoms with Crippen LogP contribution in [-0.2, 0) is 38.9 Å². The van der Waals surface area contributed by atoms with Crippen LogP contribution in [0.4, 0.5) is 0 Å². The van der Waals surface area contributed by atoms with Gasteiger partial charge in [0.25, 0.3) is 0 Å². The van der Waals surface area contributed by atoms with Crippen LogP contribution in [0, 0.1) is 12.3 Å². The number of aromatic nitrogens is 1. The second kappa shape index (κ2) is 9.47. The minimum Gasteiger partial charge on any atom is -0.465 e. The minimum atomic E-state index is -3.53. The van der Waals surface area contributed by atoms with E-state index in [2.05, 4.69) is 18.4 Å². The first-order valence-corrected chi connectivity index (χ1v) is 14.0. The van der Waals surface area contributed by atoms with E-state index in [4.69, 9.17) is 4.74 Å². The molecule has 1 aromatic carbocycles. The Balaban J connectivity index is 1.76. The Hall–Kier alpha value is -1.77. The molecule has 8 heteroatoms. The number of sulfonamides is 1. The molecule has 1 saturated heterocycles. The Kier molecular flexibility index (Phi) is 6.99. The smallest absolute Gasteiger partial charge is 0.325 e. The third-order valence-corrected chi connectivity index (χ3v) is 10.1. The first kappa shape index (κ1) is 24.4. The average molecular weight is 491 g/mol. The number of carbonyl (C=O) groups excluding carboxylic acids is 1. The molecule has 2 aromatic rings. The Morgan fingerprint density at radius 2 is 1.88 bits per heavy atom. The van der Waals surface area contributed by atoms with Crippen LogP contribution in [0.1, 0.15) is 57.0 Å². The lowest BCUT2D eigenvalue weighted by molar-refractivity contribution is -0.143. The lowest BCUT2D eigenvalue weighted by atomic mass is 9.77. The van der Waals surface area contributed by atoms with Crippen molar-refractivity contribution in [2.45, 2.75) is 81.0 Å². The summed E-state index contributed by atoms with van der Waals surface area (Å²) in [5.74, 6) is -0.240. The van der Waals surface area contributed by atoms with Crippen molar-refractivity contribution in [1.29, 1.82) is 0 Å². The molecule has 2 heterocycles. The van der Waals surface area contributed by atoms with E-state index in [0.717, 1.165) is 47.6 Å². The van der Waals surface area contributed by atoms with E-state index in [-0.39, 0.29) is 17.9 Å². The molecule has 1 aliphatic heterocycles. The van der Waals surface area contributed by atoms with Crippen LogP contribution in [-0.4, -0.2) is 43.0 Å². The monoisotopic (exact) mass is 490 g/mol. The Morgan fingerprint density at radius 3 is 2.58 bits per heavy atom. The number of carbonyl (C=O) groups is 1. The zero-order valence-corrected chi connectivity index (χ0v) is 21.7. The summed E-state index contributed by atoms with van der Waals surface area (Å²) in [5.41, 5.74) is 3.58. The van der Waals surface area contributed by atoms with Crippen molar-refractivity contribution in [3.63, 3.8) is 0 Å². The molecular formula is C25H34N2O4S2. The van der Waals surface area contributed by atoms with Crippen LogP contribution >= 0.6 is 11.8 Å². The normalized spacial score (nSPS) is 18.3. The maximum Gasteiger partial charge on any atom is 0.325 e. The van der Waals surface area contributed by atoms with E-state index < -0.39 is 10.0 Å². The average Bonchev–Trinajstić information content (AvgIpc) is 3.38. The van der Waals surface area contributed by atoms with Gasteiger partial charge in [-0.3, -0.25) is 4.79 Å². The van der Waals surface area contributed by atoms with Gasteiger partial charge in [0.2, 0.25) is 10.0 Å².